The first-order valence-electron chi connectivity index (χ1n) is 6.66. The van der Waals surface area contributed by atoms with Crippen molar-refractivity contribution in [1.29, 1.82) is 5.26 Å². The minimum absolute atomic E-state index is 0.340. The predicted molar refractivity (Wildman–Crippen MR) is 80.2 cm³/mol. The lowest BCUT2D eigenvalue weighted by Gasteiger charge is -2.06. The minimum atomic E-state index is -0.369. The molecule has 0 saturated carbocycles. The van der Waals surface area contributed by atoms with Crippen LogP contribution in [0, 0.1) is 17.1 Å². The van der Waals surface area contributed by atoms with E-state index < -0.39 is 0 Å². The summed E-state index contributed by atoms with van der Waals surface area (Å²) in [5.74, 6) is 0.552. The van der Waals surface area contributed by atoms with Gasteiger partial charge >= 0.3 is 0 Å². The molecule has 0 saturated heterocycles. The van der Waals surface area contributed by atoms with Gasteiger partial charge in [0.1, 0.15) is 23.3 Å². The number of rotatable bonds is 4. The van der Waals surface area contributed by atoms with Crippen LogP contribution in [0.1, 0.15) is 11.3 Å². The Morgan fingerprint density at radius 3 is 3.00 bits per heavy atom. The molecule has 2 aromatic heterocycles. The molecule has 0 radical (unpaired) electrons. The van der Waals surface area contributed by atoms with Crippen LogP contribution in [0.15, 0.2) is 42.6 Å². The first kappa shape index (κ1) is 13.9. The lowest BCUT2D eigenvalue weighted by molar-refractivity contribution is 0.410. The van der Waals surface area contributed by atoms with Crippen molar-refractivity contribution in [2.24, 2.45) is 0 Å². The third-order valence-corrected chi connectivity index (χ3v) is 3.26. The fraction of sp³-hybridized carbons (Fsp3) is 0.125. The molecule has 0 aliphatic carbocycles. The number of ether oxygens (including phenoxy) is 1. The number of nitrogens with one attached hydrogen (secondary N) is 1. The Morgan fingerprint density at radius 1 is 1.36 bits per heavy atom. The van der Waals surface area contributed by atoms with E-state index in [4.69, 9.17) is 4.74 Å². The van der Waals surface area contributed by atoms with Gasteiger partial charge < -0.3 is 10.1 Å². The van der Waals surface area contributed by atoms with E-state index in [1.165, 1.54) is 19.2 Å². The number of nitriles is 1. The van der Waals surface area contributed by atoms with Crippen LogP contribution in [0.25, 0.3) is 5.65 Å². The van der Waals surface area contributed by atoms with Crippen LogP contribution in [0.5, 0.6) is 5.75 Å². The van der Waals surface area contributed by atoms with E-state index in [0.717, 1.165) is 0 Å². The van der Waals surface area contributed by atoms with Gasteiger partial charge in [-0.2, -0.15) is 5.26 Å². The molecule has 0 unspecified atom stereocenters. The van der Waals surface area contributed by atoms with Crippen molar-refractivity contribution in [2.75, 3.05) is 12.4 Å². The largest absolute Gasteiger partial charge is 0.497 e. The molecule has 0 aliphatic heterocycles. The number of nitrogens with zero attached hydrogens (tertiary/aromatic N) is 3. The van der Waals surface area contributed by atoms with Crippen LogP contribution in [0.4, 0.5) is 10.2 Å². The number of fused-ring (bicyclic) bond motifs is 1. The monoisotopic (exact) mass is 296 g/mol. The first-order valence-corrected chi connectivity index (χ1v) is 6.66. The minimum Gasteiger partial charge on any atom is -0.497 e. The second kappa shape index (κ2) is 5.74. The van der Waals surface area contributed by atoms with E-state index in [0.29, 0.717) is 35.0 Å². The summed E-state index contributed by atoms with van der Waals surface area (Å²) in [5, 5.41) is 12.4. The molecule has 3 rings (SSSR count). The SMILES string of the molecule is COc1cc(F)cc(CNc2nc3ccccn3c2C#N)c1. The maximum absolute atomic E-state index is 13.5. The molecular weight excluding hydrogens is 283 g/mol. The number of benzene rings is 1. The summed E-state index contributed by atoms with van der Waals surface area (Å²) in [6, 6.07) is 12.1. The summed E-state index contributed by atoms with van der Waals surface area (Å²) in [7, 11) is 1.49. The van der Waals surface area contributed by atoms with Crippen LogP contribution in [-0.4, -0.2) is 16.5 Å². The fourth-order valence-electron chi connectivity index (χ4n) is 2.25. The van der Waals surface area contributed by atoms with Crippen molar-refractivity contribution in [3.05, 3.63) is 59.7 Å². The number of methoxy groups -OCH3 is 1. The third kappa shape index (κ3) is 2.56. The number of halogens is 1. The third-order valence-electron chi connectivity index (χ3n) is 3.26. The van der Waals surface area contributed by atoms with E-state index in [1.54, 1.807) is 16.7 Å². The van der Waals surface area contributed by atoms with E-state index in [-0.39, 0.29) is 5.82 Å². The zero-order valence-corrected chi connectivity index (χ0v) is 11.9. The van der Waals surface area contributed by atoms with E-state index in [2.05, 4.69) is 16.4 Å². The highest BCUT2D eigenvalue weighted by Crippen LogP contribution is 2.20. The highest BCUT2D eigenvalue weighted by Gasteiger charge is 2.11. The summed E-state index contributed by atoms with van der Waals surface area (Å²) in [4.78, 5) is 4.37. The fourth-order valence-corrected chi connectivity index (χ4v) is 2.25. The highest BCUT2D eigenvalue weighted by atomic mass is 19.1. The molecule has 0 atom stereocenters. The Bertz CT molecular complexity index is 866. The molecule has 1 aromatic carbocycles. The first-order chi connectivity index (χ1) is 10.7. The maximum Gasteiger partial charge on any atom is 0.168 e. The van der Waals surface area contributed by atoms with Gasteiger partial charge in [0.05, 0.1) is 7.11 Å². The molecule has 0 bridgehead atoms. The van der Waals surface area contributed by atoms with Gasteiger partial charge in [-0.25, -0.2) is 9.37 Å². The van der Waals surface area contributed by atoms with Crippen LogP contribution < -0.4 is 10.1 Å². The molecule has 3 aromatic rings. The molecule has 110 valence electrons. The van der Waals surface area contributed by atoms with Crippen LogP contribution in [0.2, 0.25) is 0 Å². The van der Waals surface area contributed by atoms with Gasteiger partial charge in [0.15, 0.2) is 11.5 Å². The Kier molecular flexibility index (Phi) is 3.62. The van der Waals surface area contributed by atoms with Crippen molar-refractivity contribution < 1.29 is 9.13 Å². The van der Waals surface area contributed by atoms with Gasteiger partial charge in [-0.05, 0) is 29.8 Å². The molecule has 0 amide bonds. The van der Waals surface area contributed by atoms with Crippen LogP contribution in [-0.2, 0) is 6.54 Å². The highest BCUT2D eigenvalue weighted by molar-refractivity contribution is 5.59. The normalized spacial score (nSPS) is 10.4. The zero-order chi connectivity index (χ0) is 15.5. The Labute approximate surface area is 126 Å². The predicted octanol–water partition coefficient (Wildman–Crippen LogP) is 2.97. The van der Waals surface area contributed by atoms with Gasteiger partial charge in [-0.15, -0.1) is 0 Å². The number of hydrogen-bond donors (Lipinski definition) is 1. The van der Waals surface area contributed by atoms with Crippen LogP contribution >= 0.6 is 0 Å². The van der Waals surface area contributed by atoms with Gasteiger partial charge in [0, 0.05) is 18.8 Å². The molecule has 0 spiro atoms. The topological polar surface area (TPSA) is 62.4 Å². The summed E-state index contributed by atoms with van der Waals surface area (Å²) in [5.41, 5.74) is 1.80. The van der Waals surface area contributed by atoms with E-state index in [1.807, 2.05) is 18.2 Å². The second-order valence-corrected chi connectivity index (χ2v) is 4.70. The van der Waals surface area contributed by atoms with Crippen molar-refractivity contribution in [2.45, 2.75) is 6.54 Å². The smallest absolute Gasteiger partial charge is 0.168 e. The molecule has 1 N–H and O–H groups in total. The van der Waals surface area contributed by atoms with Gasteiger partial charge in [0.2, 0.25) is 0 Å². The lowest BCUT2D eigenvalue weighted by Crippen LogP contribution is -2.02. The molecule has 0 aliphatic rings. The summed E-state index contributed by atoms with van der Waals surface area (Å²) in [6.45, 7) is 0.340. The van der Waals surface area contributed by atoms with Gasteiger partial charge in [-0.1, -0.05) is 6.07 Å². The number of hydrogen-bond acceptors (Lipinski definition) is 4. The number of imidazole rings is 1. The Balaban J connectivity index is 1.88. The zero-order valence-electron chi connectivity index (χ0n) is 11.9. The van der Waals surface area contributed by atoms with Crippen LogP contribution in [0.3, 0.4) is 0 Å². The summed E-state index contributed by atoms with van der Waals surface area (Å²) < 4.78 is 20.2. The molecule has 22 heavy (non-hydrogen) atoms. The van der Waals surface area contributed by atoms with Crippen molar-refractivity contribution in [3.63, 3.8) is 0 Å². The van der Waals surface area contributed by atoms with Gasteiger partial charge in [0.25, 0.3) is 0 Å². The Hall–Kier alpha value is -3.07. The second-order valence-electron chi connectivity index (χ2n) is 4.70. The lowest BCUT2D eigenvalue weighted by atomic mass is 10.2. The van der Waals surface area contributed by atoms with Gasteiger partial charge in [-0.3, -0.25) is 4.40 Å². The standard InChI is InChI=1S/C16H13FN4O/c1-22-13-7-11(6-12(17)8-13)10-19-16-14(9-18)21-5-3-2-4-15(21)20-16/h2-8,19H,10H2,1H3. The van der Waals surface area contributed by atoms with E-state index >= 15 is 0 Å². The summed E-state index contributed by atoms with van der Waals surface area (Å²) in [6.07, 6.45) is 1.78. The number of anilines is 1. The van der Waals surface area contributed by atoms with E-state index in [9.17, 15) is 9.65 Å². The quantitative estimate of drug-likeness (QED) is 0.804. The Morgan fingerprint density at radius 2 is 2.23 bits per heavy atom. The van der Waals surface area contributed by atoms with Crippen molar-refractivity contribution in [3.8, 4) is 11.8 Å². The molecule has 6 heteroatoms. The summed E-state index contributed by atoms with van der Waals surface area (Å²) >= 11 is 0. The van der Waals surface area contributed by atoms with Crippen molar-refractivity contribution in [1.82, 2.24) is 9.38 Å². The molecule has 2 heterocycles. The molecule has 5 nitrogen and oxygen atoms in total. The molecular formula is C16H13FN4O. The number of pyridine rings is 1. The molecule has 0 fully saturated rings. The average Bonchev–Trinajstić information content (AvgIpc) is 2.89. The number of aromatic nitrogens is 2. The average molecular weight is 296 g/mol. The maximum atomic E-state index is 13.5. The van der Waals surface area contributed by atoms with Crippen molar-refractivity contribution >= 4 is 11.5 Å².